The lowest BCUT2D eigenvalue weighted by Crippen LogP contribution is -2.20. The van der Waals surface area contributed by atoms with Crippen molar-refractivity contribution in [2.45, 2.75) is 12.8 Å². The van der Waals surface area contributed by atoms with Crippen LogP contribution in [0.1, 0.15) is 23.3 Å². The molecule has 5 nitrogen and oxygen atoms in total. The lowest BCUT2D eigenvalue weighted by atomic mass is 10.1. The van der Waals surface area contributed by atoms with Gasteiger partial charge in [-0.3, -0.25) is 4.79 Å². The molecule has 0 aliphatic carbocycles. The summed E-state index contributed by atoms with van der Waals surface area (Å²) < 4.78 is 0. The number of pyridine rings is 1. The maximum absolute atomic E-state index is 11.9. The fraction of sp³-hybridized carbons (Fsp3) is 0.211. The summed E-state index contributed by atoms with van der Waals surface area (Å²) in [6.07, 6.45) is 4.05. The summed E-state index contributed by atoms with van der Waals surface area (Å²) in [5.41, 5.74) is 9.09. The minimum absolute atomic E-state index is 0.244. The molecule has 1 amide bonds. The van der Waals surface area contributed by atoms with E-state index in [2.05, 4.69) is 9.88 Å². The molecule has 0 atom stereocenters. The number of halogens is 1. The van der Waals surface area contributed by atoms with Crippen molar-refractivity contribution >= 4 is 34.5 Å². The van der Waals surface area contributed by atoms with Crippen LogP contribution in [-0.4, -0.2) is 29.0 Å². The van der Waals surface area contributed by atoms with Crippen LogP contribution in [0.15, 0.2) is 41.9 Å². The van der Waals surface area contributed by atoms with E-state index in [0.29, 0.717) is 15.6 Å². The number of hydrogen-bond donors (Lipinski definition) is 1. The van der Waals surface area contributed by atoms with Gasteiger partial charge in [-0.05, 0) is 25.0 Å². The number of primary amides is 1. The predicted octanol–water partition coefficient (Wildman–Crippen LogP) is 4.22. The van der Waals surface area contributed by atoms with Crippen molar-refractivity contribution in [3.05, 3.63) is 52.6 Å². The Morgan fingerprint density at radius 2 is 1.96 bits per heavy atom. The second-order valence-electron chi connectivity index (χ2n) is 6.17. The quantitative estimate of drug-likeness (QED) is 0.730. The molecule has 2 N–H and O–H groups in total. The SMILES string of the molecule is NC(=O)c1ncc(N2CCCC2)cc1-c1nc(-c2ccccc2Cl)cs1. The molecule has 0 unspecified atom stereocenters. The molecule has 132 valence electrons. The molecule has 26 heavy (non-hydrogen) atoms. The Hall–Kier alpha value is -2.44. The Bertz CT molecular complexity index is 966. The van der Waals surface area contributed by atoms with Crippen LogP contribution >= 0.6 is 22.9 Å². The number of aromatic nitrogens is 2. The minimum Gasteiger partial charge on any atom is -0.370 e. The number of amides is 1. The summed E-state index contributed by atoms with van der Waals surface area (Å²) in [6, 6.07) is 9.53. The molecule has 1 saturated heterocycles. The Balaban J connectivity index is 1.78. The topological polar surface area (TPSA) is 72.1 Å². The first-order chi connectivity index (χ1) is 12.6. The number of anilines is 1. The molecule has 1 aromatic carbocycles. The van der Waals surface area contributed by atoms with Gasteiger partial charge < -0.3 is 10.6 Å². The van der Waals surface area contributed by atoms with Crippen molar-refractivity contribution in [1.82, 2.24) is 9.97 Å². The summed E-state index contributed by atoms with van der Waals surface area (Å²) in [4.78, 5) is 23.1. The Morgan fingerprint density at radius 3 is 2.69 bits per heavy atom. The van der Waals surface area contributed by atoms with Gasteiger partial charge in [0.2, 0.25) is 0 Å². The van der Waals surface area contributed by atoms with E-state index in [1.807, 2.05) is 35.7 Å². The number of carbonyl (C=O) groups is 1. The number of thiazole rings is 1. The molecule has 2 aromatic heterocycles. The first kappa shape index (κ1) is 17.0. The molecule has 0 spiro atoms. The van der Waals surface area contributed by atoms with Crippen LogP contribution in [0, 0.1) is 0 Å². The Kier molecular flexibility index (Phi) is 4.61. The van der Waals surface area contributed by atoms with Gasteiger partial charge in [-0.1, -0.05) is 29.8 Å². The predicted molar refractivity (Wildman–Crippen MR) is 106 cm³/mol. The molecule has 7 heteroatoms. The summed E-state index contributed by atoms with van der Waals surface area (Å²) in [7, 11) is 0. The molecule has 1 aliphatic rings. The second-order valence-corrected chi connectivity index (χ2v) is 7.43. The first-order valence-electron chi connectivity index (χ1n) is 8.39. The molecule has 0 bridgehead atoms. The fourth-order valence-corrected chi connectivity index (χ4v) is 4.22. The van der Waals surface area contributed by atoms with Crippen molar-refractivity contribution in [2.24, 2.45) is 5.73 Å². The molecular weight excluding hydrogens is 368 g/mol. The van der Waals surface area contributed by atoms with Crippen molar-refractivity contribution in [2.75, 3.05) is 18.0 Å². The summed E-state index contributed by atoms with van der Waals surface area (Å²) >= 11 is 7.73. The summed E-state index contributed by atoms with van der Waals surface area (Å²) in [5.74, 6) is -0.553. The van der Waals surface area contributed by atoms with Crippen LogP contribution in [0.25, 0.3) is 21.8 Å². The second kappa shape index (κ2) is 7.05. The highest BCUT2D eigenvalue weighted by Crippen LogP contribution is 2.35. The lowest BCUT2D eigenvalue weighted by molar-refractivity contribution is 0.0996. The normalized spacial score (nSPS) is 14.0. The smallest absolute Gasteiger partial charge is 0.268 e. The number of carbonyl (C=O) groups excluding carboxylic acids is 1. The molecular formula is C19H17ClN4OS. The van der Waals surface area contributed by atoms with Gasteiger partial charge in [-0.15, -0.1) is 11.3 Å². The van der Waals surface area contributed by atoms with Gasteiger partial charge in [0.25, 0.3) is 5.91 Å². The van der Waals surface area contributed by atoms with Crippen molar-refractivity contribution in [3.63, 3.8) is 0 Å². The van der Waals surface area contributed by atoms with Crippen molar-refractivity contribution < 1.29 is 4.79 Å². The maximum Gasteiger partial charge on any atom is 0.268 e. The average molecular weight is 385 g/mol. The molecule has 0 radical (unpaired) electrons. The molecule has 3 aromatic rings. The number of hydrogen-bond acceptors (Lipinski definition) is 5. The van der Waals surface area contributed by atoms with Gasteiger partial charge in [-0.25, -0.2) is 9.97 Å². The molecule has 1 fully saturated rings. The van der Waals surface area contributed by atoms with Gasteiger partial charge in [0, 0.05) is 34.6 Å². The van der Waals surface area contributed by atoms with E-state index >= 15 is 0 Å². The van der Waals surface area contributed by atoms with E-state index in [0.717, 1.165) is 30.0 Å². The zero-order chi connectivity index (χ0) is 18.1. The first-order valence-corrected chi connectivity index (χ1v) is 9.65. The average Bonchev–Trinajstić information content (AvgIpc) is 3.34. The van der Waals surface area contributed by atoms with Gasteiger partial charge in [0.15, 0.2) is 0 Å². The molecule has 4 rings (SSSR count). The monoisotopic (exact) mass is 384 g/mol. The standard InChI is InChI=1S/C19H17ClN4OS/c20-15-6-2-1-5-13(15)16-11-26-19(23-16)14-9-12(24-7-3-4-8-24)10-22-17(14)18(21)25/h1-2,5-6,9-11H,3-4,7-8H2,(H2,21,25). The van der Waals surface area contributed by atoms with E-state index in [1.165, 1.54) is 24.2 Å². The Labute approximate surface area is 160 Å². The minimum atomic E-state index is -0.553. The van der Waals surface area contributed by atoms with Crippen LogP contribution in [0.5, 0.6) is 0 Å². The third kappa shape index (κ3) is 3.18. The number of nitrogens with two attached hydrogens (primary N) is 1. The van der Waals surface area contributed by atoms with Crippen molar-refractivity contribution in [1.29, 1.82) is 0 Å². The Morgan fingerprint density at radius 1 is 1.19 bits per heavy atom. The van der Waals surface area contributed by atoms with E-state index < -0.39 is 5.91 Å². The van der Waals surface area contributed by atoms with E-state index in [-0.39, 0.29) is 5.69 Å². The van der Waals surface area contributed by atoms with Crippen LogP contribution in [0.2, 0.25) is 5.02 Å². The van der Waals surface area contributed by atoms with Crippen LogP contribution in [0.4, 0.5) is 5.69 Å². The highest BCUT2D eigenvalue weighted by atomic mass is 35.5. The number of nitrogens with zero attached hydrogens (tertiary/aromatic N) is 3. The largest absolute Gasteiger partial charge is 0.370 e. The zero-order valence-electron chi connectivity index (χ0n) is 14.0. The molecule has 1 aliphatic heterocycles. The van der Waals surface area contributed by atoms with E-state index in [4.69, 9.17) is 22.3 Å². The number of rotatable bonds is 4. The summed E-state index contributed by atoms with van der Waals surface area (Å²) in [6.45, 7) is 2.00. The van der Waals surface area contributed by atoms with Gasteiger partial charge in [-0.2, -0.15) is 0 Å². The highest BCUT2D eigenvalue weighted by molar-refractivity contribution is 7.13. The zero-order valence-corrected chi connectivity index (χ0v) is 15.6. The highest BCUT2D eigenvalue weighted by Gasteiger charge is 2.20. The van der Waals surface area contributed by atoms with Crippen LogP contribution in [0.3, 0.4) is 0 Å². The fourth-order valence-electron chi connectivity index (χ4n) is 3.15. The number of benzene rings is 1. The van der Waals surface area contributed by atoms with Crippen LogP contribution in [-0.2, 0) is 0 Å². The van der Waals surface area contributed by atoms with Gasteiger partial charge >= 0.3 is 0 Å². The lowest BCUT2D eigenvalue weighted by Gasteiger charge is -2.18. The van der Waals surface area contributed by atoms with Crippen LogP contribution < -0.4 is 10.6 Å². The third-order valence-corrected chi connectivity index (χ3v) is 5.67. The molecule has 0 saturated carbocycles. The molecule has 3 heterocycles. The summed E-state index contributed by atoms with van der Waals surface area (Å²) in [5, 5.41) is 3.29. The van der Waals surface area contributed by atoms with E-state index in [9.17, 15) is 4.79 Å². The maximum atomic E-state index is 11.9. The van der Waals surface area contributed by atoms with E-state index in [1.54, 1.807) is 6.20 Å². The van der Waals surface area contributed by atoms with Gasteiger partial charge in [0.1, 0.15) is 10.7 Å². The van der Waals surface area contributed by atoms with Crippen molar-refractivity contribution in [3.8, 4) is 21.8 Å². The van der Waals surface area contributed by atoms with Gasteiger partial charge in [0.05, 0.1) is 17.6 Å². The third-order valence-electron chi connectivity index (χ3n) is 4.46.